The van der Waals surface area contributed by atoms with Crippen molar-refractivity contribution in [2.75, 3.05) is 0 Å². The van der Waals surface area contributed by atoms with Crippen LogP contribution in [0.25, 0.3) is 0 Å². The van der Waals surface area contributed by atoms with E-state index in [4.69, 9.17) is 27.9 Å². The first-order chi connectivity index (χ1) is 7.69. The van der Waals surface area contributed by atoms with Crippen molar-refractivity contribution in [1.82, 2.24) is 10.2 Å². The molecule has 3 nitrogen and oxygen atoms in total. The fourth-order valence-corrected chi connectivity index (χ4v) is 2.04. The van der Waals surface area contributed by atoms with Crippen LogP contribution in [0.3, 0.4) is 0 Å². The number of alkyl halides is 1. The van der Waals surface area contributed by atoms with Crippen molar-refractivity contribution in [2.24, 2.45) is 0 Å². The molecular weight excluding hydrogens is 267 g/mol. The molecule has 0 saturated heterocycles. The molecule has 0 amide bonds. The summed E-state index contributed by atoms with van der Waals surface area (Å²) in [5.74, 6) is 0.918. The van der Waals surface area contributed by atoms with Crippen LogP contribution in [0.1, 0.15) is 10.6 Å². The number of aryl methyl sites for hydroxylation is 1. The van der Waals surface area contributed by atoms with Crippen LogP contribution in [-0.2, 0) is 5.88 Å². The Kier molecular flexibility index (Phi) is 3.63. The maximum atomic E-state index is 5.99. The van der Waals surface area contributed by atoms with Crippen molar-refractivity contribution < 1.29 is 4.74 Å². The molecule has 16 heavy (non-hydrogen) atoms. The smallest absolute Gasteiger partial charge is 0.299 e. The van der Waals surface area contributed by atoms with Gasteiger partial charge in [-0.25, -0.2) is 0 Å². The minimum absolute atomic E-state index is 0.336. The van der Waals surface area contributed by atoms with Crippen molar-refractivity contribution in [3.05, 3.63) is 33.8 Å². The number of halogens is 2. The molecule has 0 N–H and O–H groups in total. The Bertz CT molecular complexity index is 501. The lowest BCUT2D eigenvalue weighted by Gasteiger charge is -2.04. The van der Waals surface area contributed by atoms with E-state index in [-0.39, 0.29) is 0 Å². The topological polar surface area (TPSA) is 35.0 Å². The van der Waals surface area contributed by atoms with Gasteiger partial charge in [0.2, 0.25) is 0 Å². The minimum Gasteiger partial charge on any atom is -0.428 e. The normalized spacial score (nSPS) is 10.4. The minimum atomic E-state index is 0.336. The maximum absolute atomic E-state index is 5.99. The molecule has 1 heterocycles. The number of hydrogen-bond donors (Lipinski definition) is 0. The van der Waals surface area contributed by atoms with Crippen LogP contribution in [0.5, 0.6) is 10.9 Å². The summed E-state index contributed by atoms with van der Waals surface area (Å²) in [4.78, 5) is 0. The Hall–Kier alpha value is -0.840. The number of rotatable bonds is 3. The van der Waals surface area contributed by atoms with Crippen LogP contribution in [0, 0.1) is 6.92 Å². The molecule has 0 radical (unpaired) electrons. The molecule has 0 aliphatic rings. The van der Waals surface area contributed by atoms with Gasteiger partial charge in [-0.3, -0.25) is 0 Å². The molecule has 0 fully saturated rings. The van der Waals surface area contributed by atoms with Gasteiger partial charge in [-0.2, -0.15) is 0 Å². The van der Waals surface area contributed by atoms with Gasteiger partial charge in [0.1, 0.15) is 10.8 Å². The molecule has 2 aromatic rings. The molecule has 0 atom stereocenters. The lowest BCUT2D eigenvalue weighted by molar-refractivity contribution is 0.473. The zero-order valence-electron chi connectivity index (χ0n) is 8.41. The van der Waals surface area contributed by atoms with Crippen molar-refractivity contribution in [2.45, 2.75) is 12.8 Å². The fourth-order valence-electron chi connectivity index (χ4n) is 1.12. The van der Waals surface area contributed by atoms with E-state index in [1.54, 1.807) is 6.07 Å². The van der Waals surface area contributed by atoms with E-state index in [0.717, 1.165) is 10.6 Å². The Morgan fingerprint density at radius 2 is 2.19 bits per heavy atom. The zero-order valence-corrected chi connectivity index (χ0v) is 10.7. The first kappa shape index (κ1) is 11.6. The summed E-state index contributed by atoms with van der Waals surface area (Å²) >= 11 is 12.9. The molecule has 2 rings (SSSR count). The predicted molar refractivity (Wildman–Crippen MR) is 65.7 cm³/mol. The Morgan fingerprint density at radius 1 is 1.38 bits per heavy atom. The van der Waals surface area contributed by atoms with E-state index >= 15 is 0 Å². The molecule has 1 aromatic carbocycles. The van der Waals surface area contributed by atoms with Crippen LogP contribution >= 0.6 is 34.5 Å². The monoisotopic (exact) mass is 274 g/mol. The zero-order chi connectivity index (χ0) is 11.5. The van der Waals surface area contributed by atoms with Crippen LogP contribution in [-0.4, -0.2) is 10.2 Å². The third-order valence-corrected chi connectivity index (χ3v) is 3.37. The molecule has 0 spiro atoms. The Labute approximate surface area is 107 Å². The summed E-state index contributed by atoms with van der Waals surface area (Å²) in [5.41, 5.74) is 1.07. The second kappa shape index (κ2) is 4.99. The Balaban J connectivity index is 2.22. The highest BCUT2D eigenvalue weighted by Crippen LogP contribution is 2.31. The second-order valence-electron chi connectivity index (χ2n) is 3.13. The maximum Gasteiger partial charge on any atom is 0.299 e. The van der Waals surface area contributed by atoms with Gasteiger partial charge in [-0.1, -0.05) is 34.1 Å². The molecule has 84 valence electrons. The van der Waals surface area contributed by atoms with Crippen LogP contribution in [0.4, 0.5) is 0 Å². The summed E-state index contributed by atoms with van der Waals surface area (Å²) in [6.45, 7) is 1.97. The van der Waals surface area contributed by atoms with E-state index in [0.29, 0.717) is 21.8 Å². The van der Waals surface area contributed by atoms with E-state index in [2.05, 4.69) is 10.2 Å². The SMILES string of the molecule is Cc1ccc(Cl)c(Oc2nnc(CCl)s2)c1. The van der Waals surface area contributed by atoms with Crippen molar-refractivity contribution in [1.29, 1.82) is 0 Å². The van der Waals surface area contributed by atoms with Crippen LogP contribution in [0.2, 0.25) is 5.02 Å². The molecular formula is C10H8Cl2N2OS. The van der Waals surface area contributed by atoms with E-state index in [1.165, 1.54) is 11.3 Å². The summed E-state index contributed by atoms with van der Waals surface area (Å²) in [5, 5.41) is 9.43. The predicted octanol–water partition coefficient (Wildman–Crippen LogP) is 4.03. The van der Waals surface area contributed by atoms with Gasteiger partial charge >= 0.3 is 0 Å². The average molecular weight is 275 g/mol. The van der Waals surface area contributed by atoms with Gasteiger partial charge in [0.15, 0.2) is 0 Å². The Morgan fingerprint density at radius 3 is 2.88 bits per heavy atom. The van der Waals surface area contributed by atoms with Crippen molar-refractivity contribution in [3.63, 3.8) is 0 Å². The van der Waals surface area contributed by atoms with Gasteiger partial charge in [0, 0.05) is 0 Å². The molecule has 0 bridgehead atoms. The molecule has 0 unspecified atom stereocenters. The number of benzene rings is 1. The van der Waals surface area contributed by atoms with E-state index in [1.807, 2.05) is 19.1 Å². The van der Waals surface area contributed by atoms with Gasteiger partial charge in [0.05, 0.1) is 10.9 Å². The van der Waals surface area contributed by atoms with Gasteiger partial charge in [-0.15, -0.1) is 16.7 Å². The molecule has 0 aliphatic heterocycles. The van der Waals surface area contributed by atoms with Gasteiger partial charge in [-0.05, 0) is 24.6 Å². The average Bonchev–Trinajstić information content (AvgIpc) is 2.71. The summed E-state index contributed by atoms with van der Waals surface area (Å²) < 4.78 is 5.53. The highest BCUT2D eigenvalue weighted by atomic mass is 35.5. The third kappa shape index (κ3) is 2.64. The summed E-state index contributed by atoms with van der Waals surface area (Å²) in [7, 11) is 0. The standard InChI is InChI=1S/C10H8Cl2N2OS/c1-6-2-3-7(12)8(4-6)15-10-14-13-9(5-11)16-10/h2-4H,5H2,1H3. The van der Waals surface area contributed by atoms with E-state index < -0.39 is 0 Å². The fraction of sp³-hybridized carbons (Fsp3) is 0.200. The molecule has 1 aromatic heterocycles. The van der Waals surface area contributed by atoms with Crippen molar-refractivity contribution >= 4 is 34.5 Å². The quantitative estimate of drug-likeness (QED) is 0.793. The lowest BCUT2D eigenvalue weighted by atomic mass is 10.2. The number of ether oxygens (including phenoxy) is 1. The number of nitrogens with zero attached hydrogens (tertiary/aromatic N) is 2. The first-order valence-corrected chi connectivity index (χ1v) is 6.24. The highest BCUT2D eigenvalue weighted by molar-refractivity contribution is 7.13. The largest absolute Gasteiger partial charge is 0.428 e. The lowest BCUT2D eigenvalue weighted by Crippen LogP contribution is -1.85. The highest BCUT2D eigenvalue weighted by Gasteiger charge is 2.08. The van der Waals surface area contributed by atoms with Crippen LogP contribution < -0.4 is 4.74 Å². The number of aromatic nitrogens is 2. The first-order valence-electron chi connectivity index (χ1n) is 4.51. The number of hydrogen-bond acceptors (Lipinski definition) is 4. The molecule has 0 aliphatic carbocycles. The van der Waals surface area contributed by atoms with E-state index in [9.17, 15) is 0 Å². The van der Waals surface area contributed by atoms with Gasteiger partial charge < -0.3 is 4.74 Å². The molecule has 6 heteroatoms. The summed E-state index contributed by atoms with van der Waals surface area (Å²) in [6.07, 6.45) is 0. The third-order valence-electron chi connectivity index (χ3n) is 1.85. The second-order valence-corrected chi connectivity index (χ2v) is 4.83. The molecule has 0 saturated carbocycles. The van der Waals surface area contributed by atoms with Gasteiger partial charge in [0.25, 0.3) is 5.19 Å². The van der Waals surface area contributed by atoms with Crippen molar-refractivity contribution in [3.8, 4) is 10.9 Å². The summed E-state index contributed by atoms with van der Waals surface area (Å²) in [6, 6.07) is 5.55. The van der Waals surface area contributed by atoms with Crippen LogP contribution in [0.15, 0.2) is 18.2 Å².